The number of aryl methyl sites for hydroxylation is 1. The van der Waals surface area contributed by atoms with Gasteiger partial charge in [-0.2, -0.15) is 0 Å². The van der Waals surface area contributed by atoms with Crippen LogP contribution >= 0.6 is 0 Å². The number of hydrogen-bond acceptors (Lipinski definition) is 1. The third-order valence-corrected chi connectivity index (χ3v) is 4.33. The quantitative estimate of drug-likeness (QED) is 0.521. The molecular weight excluding hydrogens is 280 g/mol. The molecule has 1 heterocycles. The van der Waals surface area contributed by atoms with E-state index in [0.29, 0.717) is 0 Å². The van der Waals surface area contributed by atoms with Crippen molar-refractivity contribution in [1.82, 2.24) is 9.55 Å². The van der Waals surface area contributed by atoms with Crippen LogP contribution in [0.25, 0.3) is 10.8 Å². The molecule has 2 heteroatoms. The first-order chi connectivity index (χ1) is 11.3. The monoisotopic (exact) mass is 298 g/mol. The van der Waals surface area contributed by atoms with Crippen LogP contribution < -0.4 is 0 Å². The van der Waals surface area contributed by atoms with E-state index in [1.54, 1.807) is 0 Å². The Balaban J connectivity index is 1.96. The van der Waals surface area contributed by atoms with Gasteiger partial charge in [0.15, 0.2) is 0 Å². The van der Waals surface area contributed by atoms with Gasteiger partial charge in [0.05, 0.1) is 12.4 Å². The Morgan fingerprint density at radius 3 is 2.43 bits per heavy atom. The fourth-order valence-electron chi connectivity index (χ4n) is 3.17. The van der Waals surface area contributed by atoms with Crippen LogP contribution in [-0.2, 0) is 0 Å². The molecular formula is C21H18N2. The summed E-state index contributed by atoms with van der Waals surface area (Å²) in [6, 6.07) is 24.0. The van der Waals surface area contributed by atoms with E-state index in [-0.39, 0.29) is 6.04 Å². The number of aromatic nitrogens is 2. The second-order valence-corrected chi connectivity index (χ2v) is 5.89. The Kier molecular flexibility index (Phi) is 3.43. The van der Waals surface area contributed by atoms with E-state index in [1.165, 1.54) is 27.5 Å². The van der Waals surface area contributed by atoms with Gasteiger partial charge in [-0.25, -0.2) is 4.98 Å². The van der Waals surface area contributed by atoms with Crippen LogP contribution in [0.1, 0.15) is 22.7 Å². The predicted molar refractivity (Wildman–Crippen MR) is 94.6 cm³/mol. The van der Waals surface area contributed by atoms with Gasteiger partial charge in [0, 0.05) is 12.4 Å². The van der Waals surface area contributed by atoms with Gasteiger partial charge in [-0.05, 0) is 28.8 Å². The molecule has 0 spiro atoms. The summed E-state index contributed by atoms with van der Waals surface area (Å²) in [5.41, 5.74) is 3.84. The van der Waals surface area contributed by atoms with Crippen molar-refractivity contribution >= 4 is 10.8 Å². The smallest absolute Gasteiger partial charge is 0.0954 e. The molecule has 0 N–H and O–H groups in total. The lowest BCUT2D eigenvalue weighted by atomic mass is 9.93. The van der Waals surface area contributed by atoms with Gasteiger partial charge in [0.1, 0.15) is 0 Å². The third-order valence-electron chi connectivity index (χ3n) is 4.33. The van der Waals surface area contributed by atoms with Crippen LogP contribution in [0.15, 0.2) is 85.5 Å². The lowest BCUT2D eigenvalue weighted by Crippen LogP contribution is -2.11. The van der Waals surface area contributed by atoms with Gasteiger partial charge in [-0.15, -0.1) is 0 Å². The molecule has 0 bridgehead atoms. The fraction of sp³-hybridized carbons (Fsp3) is 0.0952. The molecule has 0 fully saturated rings. The average molecular weight is 298 g/mol. The summed E-state index contributed by atoms with van der Waals surface area (Å²) in [6.45, 7) is 2.12. The standard InChI is InChI=1S/C21H18N2/c1-16-9-11-18(12-10-16)21(23-14-13-22-15-23)20-8-4-6-17-5-2-3-7-19(17)20/h2-15,21H,1H3. The number of rotatable bonds is 3. The van der Waals surface area contributed by atoms with E-state index < -0.39 is 0 Å². The summed E-state index contributed by atoms with van der Waals surface area (Å²) in [5, 5.41) is 2.55. The molecule has 0 saturated heterocycles. The zero-order valence-corrected chi connectivity index (χ0v) is 13.1. The van der Waals surface area contributed by atoms with Crippen LogP contribution in [0.3, 0.4) is 0 Å². The number of imidazole rings is 1. The molecule has 1 atom stereocenters. The molecule has 0 radical (unpaired) electrons. The van der Waals surface area contributed by atoms with E-state index in [0.717, 1.165) is 0 Å². The molecule has 1 unspecified atom stereocenters. The van der Waals surface area contributed by atoms with Crippen LogP contribution in [0.2, 0.25) is 0 Å². The molecule has 0 aliphatic rings. The Labute approximate surface area is 136 Å². The van der Waals surface area contributed by atoms with Crippen molar-refractivity contribution in [1.29, 1.82) is 0 Å². The molecule has 0 aliphatic carbocycles. The minimum Gasteiger partial charge on any atom is -0.326 e. The first-order valence-electron chi connectivity index (χ1n) is 7.84. The van der Waals surface area contributed by atoms with E-state index in [1.807, 2.05) is 18.7 Å². The van der Waals surface area contributed by atoms with Crippen molar-refractivity contribution in [2.45, 2.75) is 13.0 Å². The highest BCUT2D eigenvalue weighted by atomic mass is 15.1. The minimum atomic E-state index is 0.129. The van der Waals surface area contributed by atoms with Crippen LogP contribution in [-0.4, -0.2) is 9.55 Å². The number of benzene rings is 3. The molecule has 0 amide bonds. The molecule has 0 aliphatic heterocycles. The van der Waals surface area contributed by atoms with Gasteiger partial charge in [0.25, 0.3) is 0 Å². The van der Waals surface area contributed by atoms with Gasteiger partial charge < -0.3 is 4.57 Å². The summed E-state index contributed by atoms with van der Waals surface area (Å²) in [5.74, 6) is 0. The molecule has 4 rings (SSSR count). The summed E-state index contributed by atoms with van der Waals surface area (Å²) in [6.07, 6.45) is 5.77. The molecule has 3 aromatic carbocycles. The fourth-order valence-corrected chi connectivity index (χ4v) is 3.17. The minimum absolute atomic E-state index is 0.129. The largest absolute Gasteiger partial charge is 0.326 e. The molecule has 23 heavy (non-hydrogen) atoms. The highest BCUT2D eigenvalue weighted by molar-refractivity contribution is 5.86. The lowest BCUT2D eigenvalue weighted by molar-refractivity contribution is 0.681. The van der Waals surface area contributed by atoms with E-state index >= 15 is 0 Å². The van der Waals surface area contributed by atoms with Crippen molar-refractivity contribution in [3.63, 3.8) is 0 Å². The van der Waals surface area contributed by atoms with Crippen molar-refractivity contribution in [3.05, 3.63) is 102 Å². The van der Waals surface area contributed by atoms with Gasteiger partial charge in [0.2, 0.25) is 0 Å². The number of fused-ring (bicyclic) bond motifs is 1. The summed E-state index contributed by atoms with van der Waals surface area (Å²) >= 11 is 0. The zero-order valence-electron chi connectivity index (χ0n) is 13.1. The van der Waals surface area contributed by atoms with Crippen molar-refractivity contribution in [2.75, 3.05) is 0 Å². The lowest BCUT2D eigenvalue weighted by Gasteiger charge is -2.21. The van der Waals surface area contributed by atoms with Gasteiger partial charge >= 0.3 is 0 Å². The maximum Gasteiger partial charge on any atom is 0.0954 e. The third kappa shape index (κ3) is 2.53. The summed E-state index contributed by atoms with van der Waals surface area (Å²) in [4.78, 5) is 4.25. The first-order valence-corrected chi connectivity index (χ1v) is 7.84. The maximum absolute atomic E-state index is 4.25. The maximum atomic E-state index is 4.25. The summed E-state index contributed by atoms with van der Waals surface area (Å²) < 4.78 is 2.17. The second kappa shape index (κ2) is 5.73. The SMILES string of the molecule is Cc1ccc(C(c2cccc3ccccc23)n2ccnc2)cc1. The van der Waals surface area contributed by atoms with Crippen molar-refractivity contribution in [2.24, 2.45) is 0 Å². The molecule has 0 saturated carbocycles. The zero-order chi connectivity index (χ0) is 15.6. The van der Waals surface area contributed by atoms with E-state index in [9.17, 15) is 0 Å². The van der Waals surface area contributed by atoms with Crippen LogP contribution in [0, 0.1) is 6.92 Å². The Morgan fingerprint density at radius 1 is 0.870 bits per heavy atom. The summed E-state index contributed by atoms with van der Waals surface area (Å²) in [7, 11) is 0. The van der Waals surface area contributed by atoms with E-state index in [2.05, 4.69) is 83.2 Å². The molecule has 2 nitrogen and oxygen atoms in total. The Bertz CT molecular complexity index is 916. The first kappa shape index (κ1) is 13.8. The van der Waals surface area contributed by atoms with Gasteiger partial charge in [-0.3, -0.25) is 0 Å². The predicted octanol–water partition coefficient (Wildman–Crippen LogP) is 4.98. The van der Waals surface area contributed by atoms with Crippen molar-refractivity contribution in [3.8, 4) is 0 Å². The normalized spacial score (nSPS) is 12.4. The topological polar surface area (TPSA) is 17.8 Å². The average Bonchev–Trinajstić information content (AvgIpc) is 3.11. The van der Waals surface area contributed by atoms with Crippen molar-refractivity contribution < 1.29 is 0 Å². The Hall–Kier alpha value is -2.87. The number of hydrogen-bond donors (Lipinski definition) is 0. The highest BCUT2D eigenvalue weighted by Gasteiger charge is 2.18. The number of nitrogens with zero attached hydrogens (tertiary/aromatic N) is 2. The Morgan fingerprint density at radius 2 is 1.65 bits per heavy atom. The highest BCUT2D eigenvalue weighted by Crippen LogP contribution is 2.32. The second-order valence-electron chi connectivity index (χ2n) is 5.89. The molecule has 4 aromatic rings. The van der Waals surface area contributed by atoms with Gasteiger partial charge in [-0.1, -0.05) is 72.3 Å². The molecule has 1 aromatic heterocycles. The van der Waals surface area contributed by atoms with Crippen LogP contribution in [0.5, 0.6) is 0 Å². The van der Waals surface area contributed by atoms with E-state index in [4.69, 9.17) is 0 Å². The van der Waals surface area contributed by atoms with Crippen LogP contribution in [0.4, 0.5) is 0 Å². The molecule has 112 valence electrons.